The molecule has 31 heavy (non-hydrogen) atoms. The zero-order valence-electron chi connectivity index (χ0n) is 16.1. The molecule has 158 valence electrons. The van der Waals surface area contributed by atoms with Crippen molar-refractivity contribution >= 4 is 21.4 Å². The maximum atomic E-state index is 13.2. The lowest BCUT2D eigenvalue weighted by Crippen LogP contribution is -2.11. The molecule has 0 fully saturated rings. The van der Waals surface area contributed by atoms with Crippen molar-refractivity contribution in [2.24, 2.45) is 0 Å². The molecule has 0 saturated carbocycles. The van der Waals surface area contributed by atoms with E-state index in [9.17, 15) is 22.5 Å². The summed E-state index contributed by atoms with van der Waals surface area (Å²) >= 11 is 0. The van der Waals surface area contributed by atoms with Gasteiger partial charge in [-0.25, -0.2) is 31.7 Å². The van der Waals surface area contributed by atoms with Crippen molar-refractivity contribution < 1.29 is 17.2 Å². The van der Waals surface area contributed by atoms with Crippen LogP contribution in [0.2, 0.25) is 0 Å². The minimum absolute atomic E-state index is 0.178. The molecule has 0 aliphatic heterocycles. The van der Waals surface area contributed by atoms with Crippen molar-refractivity contribution in [2.75, 3.05) is 11.0 Å². The molecule has 3 aromatic heterocycles. The molecular weight excluding hydrogens is 428 g/mol. The summed E-state index contributed by atoms with van der Waals surface area (Å²) in [6.45, 7) is -0.640. The van der Waals surface area contributed by atoms with Gasteiger partial charge in [0.2, 0.25) is 10.0 Å². The summed E-state index contributed by atoms with van der Waals surface area (Å²) in [6, 6.07) is 11.7. The number of fused-ring (bicyclic) bond motifs is 1. The van der Waals surface area contributed by atoms with Crippen LogP contribution < -0.4 is 4.72 Å². The van der Waals surface area contributed by atoms with Crippen LogP contribution >= 0.6 is 0 Å². The number of halogens is 2. The lowest BCUT2D eigenvalue weighted by atomic mass is 10.1. The normalized spacial score (nSPS) is 11.7. The van der Waals surface area contributed by atoms with Gasteiger partial charge in [-0.1, -0.05) is 18.2 Å². The highest BCUT2D eigenvalue weighted by atomic mass is 32.2. The average Bonchev–Trinajstić information content (AvgIpc) is 3.30. The summed E-state index contributed by atoms with van der Waals surface area (Å²) in [5.41, 5.74) is 2.02. The monoisotopic (exact) mass is 443 g/mol. The zero-order chi connectivity index (χ0) is 22.2. The fraction of sp³-hybridized carbons (Fsp3) is 0.158. The predicted molar refractivity (Wildman–Crippen MR) is 109 cm³/mol. The number of benzene rings is 1. The second kappa shape index (κ2) is 7.77. The second-order valence-electron chi connectivity index (χ2n) is 6.65. The Morgan fingerprint density at radius 1 is 1.19 bits per heavy atom. The van der Waals surface area contributed by atoms with E-state index < -0.39 is 23.0 Å². The molecule has 12 heteroatoms. The molecule has 3 heterocycles. The summed E-state index contributed by atoms with van der Waals surface area (Å²) < 4.78 is 55.0. The predicted octanol–water partition coefficient (Wildman–Crippen LogP) is 2.77. The Morgan fingerprint density at radius 3 is 2.68 bits per heavy atom. The minimum Gasteiger partial charge on any atom is -0.323 e. The highest BCUT2D eigenvalue weighted by molar-refractivity contribution is 7.92. The van der Waals surface area contributed by atoms with Crippen LogP contribution in [-0.2, 0) is 16.6 Å². The third kappa shape index (κ3) is 4.08. The molecular formula is C19H15F2N7O2S. The number of nitrogens with zero attached hydrogens (tertiary/aromatic N) is 6. The number of nitrogens with one attached hydrogen (secondary N) is 1. The smallest absolute Gasteiger partial charge is 0.256 e. The van der Waals surface area contributed by atoms with Gasteiger partial charge in [0.25, 0.3) is 6.43 Å². The number of aromatic nitrogens is 5. The molecule has 4 rings (SSSR count). The van der Waals surface area contributed by atoms with Gasteiger partial charge in [-0.2, -0.15) is 10.4 Å². The molecule has 0 bridgehead atoms. The van der Waals surface area contributed by atoms with Gasteiger partial charge in [-0.05, 0) is 18.2 Å². The lowest BCUT2D eigenvalue weighted by Gasteiger charge is -2.13. The lowest BCUT2D eigenvalue weighted by molar-refractivity contribution is 0.127. The van der Waals surface area contributed by atoms with Crippen molar-refractivity contribution in [2.45, 2.75) is 13.0 Å². The number of sulfonamides is 1. The number of anilines is 1. The number of hydrogen-bond acceptors (Lipinski definition) is 6. The van der Waals surface area contributed by atoms with Gasteiger partial charge in [-0.15, -0.1) is 0 Å². The zero-order valence-corrected chi connectivity index (χ0v) is 16.9. The first-order chi connectivity index (χ1) is 14.8. The van der Waals surface area contributed by atoms with Crippen LogP contribution in [0.3, 0.4) is 0 Å². The molecule has 0 aliphatic rings. The summed E-state index contributed by atoms with van der Waals surface area (Å²) in [7, 11) is -3.60. The van der Waals surface area contributed by atoms with Crippen molar-refractivity contribution in [1.29, 1.82) is 5.26 Å². The van der Waals surface area contributed by atoms with Crippen LogP contribution in [0.5, 0.6) is 0 Å². The fourth-order valence-corrected chi connectivity index (χ4v) is 3.77. The first-order valence-electron chi connectivity index (χ1n) is 8.92. The summed E-state index contributed by atoms with van der Waals surface area (Å²) in [5, 5.41) is 13.7. The number of alkyl halides is 2. The maximum Gasteiger partial charge on any atom is 0.256 e. The molecule has 0 atom stereocenters. The van der Waals surface area contributed by atoms with Gasteiger partial charge in [0.05, 0.1) is 36.7 Å². The van der Waals surface area contributed by atoms with Crippen LogP contribution in [0.15, 0.2) is 48.9 Å². The van der Waals surface area contributed by atoms with Crippen LogP contribution in [0.25, 0.3) is 28.3 Å². The van der Waals surface area contributed by atoms with E-state index in [-0.39, 0.29) is 28.5 Å². The quantitative estimate of drug-likeness (QED) is 0.490. The Labute approximate surface area is 175 Å². The van der Waals surface area contributed by atoms with E-state index in [0.717, 1.165) is 6.26 Å². The third-order valence-corrected chi connectivity index (χ3v) is 4.96. The second-order valence-corrected chi connectivity index (χ2v) is 8.40. The summed E-state index contributed by atoms with van der Waals surface area (Å²) in [6.07, 6.45) is 0.961. The SMILES string of the molecule is CS(=O)(=O)Nc1ccccc1-c1ncn(CC(F)F)c1-c1ccc2ncc(C#N)n2n1. The van der Waals surface area contributed by atoms with Crippen LogP contribution in [-0.4, -0.2) is 45.2 Å². The summed E-state index contributed by atoms with van der Waals surface area (Å²) in [5.74, 6) is 0. The minimum atomic E-state index is -3.60. The van der Waals surface area contributed by atoms with E-state index in [1.165, 1.54) is 21.6 Å². The Bertz CT molecular complexity index is 1420. The van der Waals surface area contributed by atoms with Crippen LogP contribution in [0, 0.1) is 11.3 Å². The van der Waals surface area contributed by atoms with Gasteiger partial charge in [-0.3, -0.25) is 4.72 Å². The Kier molecular flexibility index (Phi) is 5.12. The number of nitriles is 1. The van der Waals surface area contributed by atoms with Crippen molar-refractivity contribution in [3.05, 3.63) is 54.6 Å². The molecule has 0 aliphatic carbocycles. The molecule has 0 radical (unpaired) electrons. The molecule has 0 saturated heterocycles. The van der Waals surface area contributed by atoms with E-state index in [4.69, 9.17) is 0 Å². The highest BCUT2D eigenvalue weighted by Gasteiger charge is 2.22. The first-order valence-corrected chi connectivity index (χ1v) is 10.8. The Morgan fingerprint density at radius 2 is 1.97 bits per heavy atom. The third-order valence-electron chi connectivity index (χ3n) is 4.37. The van der Waals surface area contributed by atoms with Crippen molar-refractivity contribution in [3.63, 3.8) is 0 Å². The molecule has 1 aromatic carbocycles. The first kappa shape index (κ1) is 20.4. The van der Waals surface area contributed by atoms with Crippen LogP contribution in [0.1, 0.15) is 5.69 Å². The van der Waals surface area contributed by atoms with E-state index in [0.29, 0.717) is 11.2 Å². The van der Waals surface area contributed by atoms with Crippen molar-refractivity contribution in [1.82, 2.24) is 24.1 Å². The number of hydrogen-bond donors (Lipinski definition) is 1. The fourth-order valence-electron chi connectivity index (χ4n) is 3.19. The van der Waals surface area contributed by atoms with Gasteiger partial charge in [0.1, 0.15) is 17.5 Å². The van der Waals surface area contributed by atoms with Gasteiger partial charge in [0.15, 0.2) is 11.3 Å². The number of rotatable bonds is 6. The Hall–Kier alpha value is -3.85. The van der Waals surface area contributed by atoms with E-state index >= 15 is 0 Å². The van der Waals surface area contributed by atoms with E-state index in [1.54, 1.807) is 36.4 Å². The van der Waals surface area contributed by atoms with Crippen molar-refractivity contribution in [3.8, 4) is 28.7 Å². The molecule has 4 aromatic rings. The molecule has 0 spiro atoms. The molecule has 0 amide bonds. The molecule has 1 N–H and O–H groups in total. The average molecular weight is 443 g/mol. The van der Waals surface area contributed by atoms with Crippen LogP contribution in [0.4, 0.5) is 14.5 Å². The number of imidazole rings is 2. The molecule has 0 unspecified atom stereocenters. The van der Waals surface area contributed by atoms with Gasteiger partial charge >= 0.3 is 0 Å². The largest absolute Gasteiger partial charge is 0.323 e. The van der Waals surface area contributed by atoms with E-state index in [2.05, 4.69) is 19.8 Å². The number of para-hydroxylation sites is 1. The highest BCUT2D eigenvalue weighted by Crippen LogP contribution is 2.35. The molecule has 9 nitrogen and oxygen atoms in total. The van der Waals surface area contributed by atoms with Gasteiger partial charge in [0, 0.05) is 5.56 Å². The van der Waals surface area contributed by atoms with E-state index in [1.807, 2.05) is 6.07 Å². The standard InChI is InChI=1S/C19H15F2N7O2S/c1-31(29,30)26-14-5-3-2-4-13(14)18-19(27(11-24-18)10-16(20)21)15-6-7-17-23-9-12(8-22)28(17)25-15/h2-7,9,11,16,26H,10H2,1H3. The Balaban J connectivity index is 1.95. The summed E-state index contributed by atoms with van der Waals surface area (Å²) in [4.78, 5) is 8.36. The maximum absolute atomic E-state index is 13.2. The topological polar surface area (TPSA) is 118 Å². The van der Waals surface area contributed by atoms with Gasteiger partial charge < -0.3 is 4.57 Å².